The van der Waals surface area contributed by atoms with Gasteiger partial charge >= 0.3 is 0 Å². The number of benzene rings is 2. The molecule has 0 aliphatic rings. The van der Waals surface area contributed by atoms with Gasteiger partial charge < -0.3 is 10.5 Å². The van der Waals surface area contributed by atoms with Gasteiger partial charge in [0.1, 0.15) is 11.6 Å². The molecule has 2 N–H and O–H groups in total. The number of hydrogen-bond donors (Lipinski definition) is 1. The molecule has 2 aromatic carbocycles. The minimum Gasteiger partial charge on any atom is -0.497 e. The number of hydrogen-bond acceptors (Lipinski definition) is 2. The van der Waals surface area contributed by atoms with E-state index in [0.717, 1.165) is 16.9 Å². The Morgan fingerprint density at radius 2 is 1.89 bits per heavy atom. The van der Waals surface area contributed by atoms with Gasteiger partial charge in [0.25, 0.3) is 0 Å². The summed E-state index contributed by atoms with van der Waals surface area (Å²) in [6.07, 6.45) is 0.630. The van der Waals surface area contributed by atoms with Crippen LogP contribution in [0.15, 0.2) is 42.5 Å². The van der Waals surface area contributed by atoms with E-state index in [2.05, 4.69) is 0 Å². The Morgan fingerprint density at radius 3 is 2.47 bits per heavy atom. The molecule has 0 aliphatic heterocycles. The van der Waals surface area contributed by atoms with E-state index in [1.54, 1.807) is 13.2 Å². The predicted molar refractivity (Wildman–Crippen MR) is 75.0 cm³/mol. The molecule has 4 heteroatoms. The summed E-state index contributed by atoms with van der Waals surface area (Å²) in [7, 11) is 1.62. The van der Waals surface area contributed by atoms with Gasteiger partial charge in [0.15, 0.2) is 0 Å². The zero-order valence-electron chi connectivity index (χ0n) is 10.6. The Hall–Kier alpha value is -1.58. The molecule has 1 unspecified atom stereocenters. The van der Waals surface area contributed by atoms with Crippen LogP contribution in [0.3, 0.4) is 0 Å². The Kier molecular flexibility index (Phi) is 4.40. The van der Waals surface area contributed by atoms with E-state index in [0.29, 0.717) is 6.42 Å². The summed E-state index contributed by atoms with van der Waals surface area (Å²) in [4.78, 5) is 0. The van der Waals surface area contributed by atoms with Crippen molar-refractivity contribution < 1.29 is 9.13 Å². The van der Waals surface area contributed by atoms with Crippen LogP contribution >= 0.6 is 11.6 Å². The Morgan fingerprint density at radius 1 is 1.21 bits per heavy atom. The summed E-state index contributed by atoms with van der Waals surface area (Å²) in [6.45, 7) is 0. The summed E-state index contributed by atoms with van der Waals surface area (Å²) in [5.74, 6) is 0.360. The Labute approximate surface area is 117 Å². The minimum absolute atomic E-state index is 0.111. The third-order valence-corrected chi connectivity index (χ3v) is 3.29. The number of rotatable bonds is 4. The molecule has 0 aromatic heterocycles. The fraction of sp³-hybridized carbons (Fsp3) is 0.200. The summed E-state index contributed by atoms with van der Waals surface area (Å²) >= 11 is 5.65. The summed E-state index contributed by atoms with van der Waals surface area (Å²) in [6, 6.07) is 12.1. The van der Waals surface area contributed by atoms with E-state index < -0.39 is 5.82 Å². The van der Waals surface area contributed by atoms with Gasteiger partial charge in [-0.1, -0.05) is 29.8 Å². The lowest BCUT2D eigenvalue weighted by Gasteiger charge is -2.13. The van der Waals surface area contributed by atoms with E-state index in [1.165, 1.54) is 12.1 Å². The van der Waals surface area contributed by atoms with Gasteiger partial charge in [-0.25, -0.2) is 4.39 Å². The molecule has 0 saturated heterocycles. The van der Waals surface area contributed by atoms with E-state index in [9.17, 15) is 4.39 Å². The van der Waals surface area contributed by atoms with Gasteiger partial charge in [0.2, 0.25) is 0 Å². The molecule has 0 radical (unpaired) electrons. The Bertz CT molecular complexity index is 557. The maximum absolute atomic E-state index is 13.4. The molecule has 0 fully saturated rings. The van der Waals surface area contributed by atoms with E-state index in [4.69, 9.17) is 22.1 Å². The van der Waals surface area contributed by atoms with Gasteiger partial charge in [-0.15, -0.1) is 0 Å². The smallest absolute Gasteiger partial charge is 0.142 e. The molecule has 0 amide bonds. The van der Waals surface area contributed by atoms with Crippen molar-refractivity contribution in [2.24, 2.45) is 5.73 Å². The molecule has 2 aromatic rings. The number of halogens is 2. The molecule has 0 aliphatic carbocycles. The van der Waals surface area contributed by atoms with E-state index in [1.807, 2.05) is 24.3 Å². The van der Waals surface area contributed by atoms with Crippen molar-refractivity contribution in [2.45, 2.75) is 12.5 Å². The second-order valence-electron chi connectivity index (χ2n) is 4.33. The van der Waals surface area contributed by atoms with E-state index >= 15 is 0 Å². The number of methoxy groups -OCH3 is 1. The molecular formula is C15H15ClFNO. The molecule has 2 nitrogen and oxygen atoms in total. The van der Waals surface area contributed by atoms with Crippen LogP contribution in [0.2, 0.25) is 5.02 Å². The van der Waals surface area contributed by atoms with E-state index in [-0.39, 0.29) is 11.1 Å². The summed E-state index contributed by atoms with van der Waals surface area (Å²) in [5, 5.41) is 0.111. The van der Waals surface area contributed by atoms with Gasteiger partial charge in [-0.3, -0.25) is 0 Å². The van der Waals surface area contributed by atoms with Gasteiger partial charge in [0, 0.05) is 6.04 Å². The molecule has 2 rings (SSSR count). The lowest BCUT2D eigenvalue weighted by Crippen LogP contribution is -2.13. The third kappa shape index (κ3) is 3.46. The topological polar surface area (TPSA) is 35.2 Å². The van der Waals surface area contributed by atoms with Crippen LogP contribution in [-0.2, 0) is 6.42 Å². The first-order valence-electron chi connectivity index (χ1n) is 5.93. The highest BCUT2D eigenvalue weighted by Crippen LogP contribution is 2.22. The predicted octanol–water partition coefficient (Wildman–Crippen LogP) is 3.73. The summed E-state index contributed by atoms with van der Waals surface area (Å²) in [5.41, 5.74) is 7.88. The zero-order chi connectivity index (χ0) is 13.8. The molecule has 19 heavy (non-hydrogen) atoms. The lowest BCUT2D eigenvalue weighted by molar-refractivity contribution is 0.414. The molecular weight excluding hydrogens is 265 g/mol. The molecule has 0 bridgehead atoms. The monoisotopic (exact) mass is 279 g/mol. The first kappa shape index (κ1) is 13.8. The van der Waals surface area contributed by atoms with Gasteiger partial charge in [0.05, 0.1) is 12.1 Å². The Balaban J connectivity index is 2.10. The largest absolute Gasteiger partial charge is 0.497 e. The van der Waals surface area contributed by atoms with Crippen LogP contribution in [0.25, 0.3) is 0 Å². The van der Waals surface area contributed by atoms with Gasteiger partial charge in [-0.2, -0.15) is 0 Å². The molecule has 0 heterocycles. The first-order chi connectivity index (χ1) is 9.10. The standard InChI is InChI=1S/C15H15ClFNO/c1-19-12-5-2-10(3-6-12)8-15(18)11-4-7-13(16)14(17)9-11/h2-7,9,15H,8,18H2,1H3. The molecule has 100 valence electrons. The highest BCUT2D eigenvalue weighted by molar-refractivity contribution is 6.30. The van der Waals surface area contributed by atoms with Crippen molar-refractivity contribution in [2.75, 3.05) is 7.11 Å². The fourth-order valence-corrected chi connectivity index (χ4v) is 1.99. The molecule has 0 saturated carbocycles. The lowest BCUT2D eigenvalue weighted by atomic mass is 9.99. The normalized spacial score (nSPS) is 12.2. The average Bonchev–Trinajstić information content (AvgIpc) is 2.42. The van der Waals surface area contributed by atoms with Crippen LogP contribution in [0.1, 0.15) is 17.2 Å². The minimum atomic E-state index is -0.440. The van der Waals surface area contributed by atoms with Crippen molar-refractivity contribution in [3.63, 3.8) is 0 Å². The van der Waals surface area contributed by atoms with Crippen molar-refractivity contribution in [3.05, 3.63) is 64.4 Å². The van der Waals surface area contributed by atoms with Crippen LogP contribution in [-0.4, -0.2) is 7.11 Å². The second-order valence-corrected chi connectivity index (χ2v) is 4.74. The highest BCUT2D eigenvalue weighted by atomic mass is 35.5. The molecule has 1 atom stereocenters. The van der Waals surface area contributed by atoms with Crippen molar-refractivity contribution in [1.29, 1.82) is 0 Å². The van der Waals surface area contributed by atoms with Crippen molar-refractivity contribution in [1.82, 2.24) is 0 Å². The second kappa shape index (κ2) is 6.04. The summed E-state index contributed by atoms with van der Waals surface area (Å²) < 4.78 is 18.5. The maximum Gasteiger partial charge on any atom is 0.142 e. The van der Waals surface area contributed by atoms with Crippen molar-refractivity contribution in [3.8, 4) is 5.75 Å². The number of nitrogens with two attached hydrogens (primary N) is 1. The fourth-order valence-electron chi connectivity index (χ4n) is 1.88. The number of ether oxygens (including phenoxy) is 1. The van der Waals surface area contributed by atoms with Crippen LogP contribution in [0, 0.1) is 5.82 Å². The van der Waals surface area contributed by atoms with Crippen LogP contribution in [0.5, 0.6) is 5.75 Å². The quantitative estimate of drug-likeness (QED) is 0.925. The zero-order valence-corrected chi connectivity index (χ0v) is 11.3. The maximum atomic E-state index is 13.4. The first-order valence-corrected chi connectivity index (χ1v) is 6.31. The van der Waals surface area contributed by atoms with Gasteiger partial charge in [-0.05, 0) is 41.8 Å². The SMILES string of the molecule is COc1ccc(CC(N)c2ccc(Cl)c(F)c2)cc1. The van der Waals surface area contributed by atoms with Crippen LogP contribution in [0.4, 0.5) is 4.39 Å². The van der Waals surface area contributed by atoms with Crippen molar-refractivity contribution >= 4 is 11.6 Å². The highest BCUT2D eigenvalue weighted by Gasteiger charge is 2.10. The third-order valence-electron chi connectivity index (χ3n) is 2.99. The molecule has 0 spiro atoms. The van der Waals surface area contributed by atoms with Crippen LogP contribution < -0.4 is 10.5 Å². The average molecular weight is 280 g/mol.